The molecule has 1 heterocycles. The molecular weight excluding hydrogens is 228 g/mol. The van der Waals surface area contributed by atoms with Crippen LogP contribution in [-0.4, -0.2) is 35.9 Å². The highest BCUT2D eigenvalue weighted by molar-refractivity contribution is 5.78. The van der Waals surface area contributed by atoms with Gasteiger partial charge in [0.15, 0.2) is 0 Å². The van der Waals surface area contributed by atoms with Crippen LogP contribution < -0.4 is 11.1 Å². The maximum atomic E-state index is 11.9. The van der Waals surface area contributed by atoms with Gasteiger partial charge in [-0.2, -0.15) is 0 Å². The Morgan fingerprint density at radius 3 is 2.94 bits per heavy atom. The standard InChI is InChI=1S/C13H22N4O/c1-4-17(3)9-10(2)13(18)16-8-11-6-5-7-15-12(11)14/h5-7,10H,4,8-9H2,1-3H3,(H2,14,15)(H,16,18)/t10-/m0/s1. The molecule has 1 aromatic rings. The van der Waals surface area contributed by atoms with Crippen molar-refractivity contribution in [3.05, 3.63) is 23.9 Å². The Kier molecular flexibility index (Phi) is 5.58. The van der Waals surface area contributed by atoms with Gasteiger partial charge >= 0.3 is 0 Å². The normalized spacial score (nSPS) is 12.4. The summed E-state index contributed by atoms with van der Waals surface area (Å²) in [5.41, 5.74) is 6.56. The lowest BCUT2D eigenvalue weighted by Gasteiger charge is -2.19. The number of carbonyl (C=O) groups excluding carboxylic acids is 1. The van der Waals surface area contributed by atoms with Gasteiger partial charge in [-0.1, -0.05) is 19.9 Å². The molecule has 3 N–H and O–H groups in total. The topological polar surface area (TPSA) is 71.2 Å². The Morgan fingerprint density at radius 2 is 2.33 bits per heavy atom. The summed E-state index contributed by atoms with van der Waals surface area (Å²) in [5.74, 6) is 0.475. The van der Waals surface area contributed by atoms with Crippen molar-refractivity contribution in [2.75, 3.05) is 25.9 Å². The zero-order valence-corrected chi connectivity index (χ0v) is 11.3. The fraction of sp³-hybridized carbons (Fsp3) is 0.538. The molecule has 18 heavy (non-hydrogen) atoms. The lowest BCUT2D eigenvalue weighted by Crippen LogP contribution is -2.35. The van der Waals surface area contributed by atoms with Gasteiger partial charge in [-0.05, 0) is 19.7 Å². The van der Waals surface area contributed by atoms with Gasteiger partial charge in [0.2, 0.25) is 5.91 Å². The van der Waals surface area contributed by atoms with Crippen molar-refractivity contribution in [2.24, 2.45) is 5.92 Å². The summed E-state index contributed by atoms with van der Waals surface area (Å²) in [6.45, 7) is 6.12. The number of nitrogens with two attached hydrogens (primary N) is 1. The average Bonchev–Trinajstić information content (AvgIpc) is 2.37. The van der Waals surface area contributed by atoms with Gasteiger partial charge in [0.1, 0.15) is 5.82 Å². The van der Waals surface area contributed by atoms with E-state index < -0.39 is 0 Å². The lowest BCUT2D eigenvalue weighted by molar-refractivity contribution is -0.125. The summed E-state index contributed by atoms with van der Waals surface area (Å²) in [4.78, 5) is 18.0. The third-order valence-electron chi connectivity index (χ3n) is 2.95. The van der Waals surface area contributed by atoms with Crippen LogP contribution in [0.3, 0.4) is 0 Å². The van der Waals surface area contributed by atoms with Crippen LogP contribution in [0.4, 0.5) is 5.82 Å². The molecule has 0 bridgehead atoms. The Hall–Kier alpha value is -1.62. The van der Waals surface area contributed by atoms with Gasteiger partial charge < -0.3 is 16.0 Å². The largest absolute Gasteiger partial charge is 0.383 e. The summed E-state index contributed by atoms with van der Waals surface area (Å²) >= 11 is 0. The number of amides is 1. The van der Waals surface area contributed by atoms with Crippen molar-refractivity contribution in [1.29, 1.82) is 0 Å². The predicted octanol–water partition coefficient (Wildman–Crippen LogP) is 0.868. The highest BCUT2D eigenvalue weighted by Gasteiger charge is 2.14. The second-order valence-corrected chi connectivity index (χ2v) is 4.52. The monoisotopic (exact) mass is 250 g/mol. The van der Waals surface area contributed by atoms with Gasteiger partial charge in [0.25, 0.3) is 0 Å². The molecule has 1 amide bonds. The Labute approximate surface area is 108 Å². The van der Waals surface area contributed by atoms with Crippen molar-refractivity contribution in [3.8, 4) is 0 Å². The van der Waals surface area contributed by atoms with E-state index in [-0.39, 0.29) is 11.8 Å². The molecular formula is C13H22N4O. The molecule has 0 fully saturated rings. The second-order valence-electron chi connectivity index (χ2n) is 4.52. The van der Waals surface area contributed by atoms with Gasteiger partial charge in [0, 0.05) is 30.8 Å². The number of hydrogen-bond acceptors (Lipinski definition) is 4. The van der Waals surface area contributed by atoms with E-state index in [2.05, 4.69) is 22.1 Å². The van der Waals surface area contributed by atoms with E-state index in [0.717, 1.165) is 18.7 Å². The zero-order chi connectivity index (χ0) is 13.5. The highest BCUT2D eigenvalue weighted by atomic mass is 16.1. The SMILES string of the molecule is CCN(C)C[C@H](C)C(=O)NCc1cccnc1N. The van der Waals surface area contributed by atoms with E-state index in [0.29, 0.717) is 12.4 Å². The third kappa shape index (κ3) is 4.33. The highest BCUT2D eigenvalue weighted by Crippen LogP contribution is 2.06. The van der Waals surface area contributed by atoms with E-state index in [9.17, 15) is 4.79 Å². The first-order valence-corrected chi connectivity index (χ1v) is 6.20. The first kappa shape index (κ1) is 14.4. The number of nitrogens with zero attached hydrogens (tertiary/aromatic N) is 2. The van der Waals surface area contributed by atoms with E-state index in [1.807, 2.05) is 26.1 Å². The van der Waals surface area contributed by atoms with Crippen LogP contribution in [0, 0.1) is 5.92 Å². The zero-order valence-electron chi connectivity index (χ0n) is 11.3. The molecule has 0 radical (unpaired) electrons. The minimum atomic E-state index is -0.0344. The fourth-order valence-corrected chi connectivity index (χ4v) is 1.64. The molecule has 0 saturated carbocycles. The van der Waals surface area contributed by atoms with Crippen LogP contribution in [0.5, 0.6) is 0 Å². The Morgan fingerprint density at radius 1 is 1.61 bits per heavy atom. The number of nitrogens with one attached hydrogen (secondary N) is 1. The van der Waals surface area contributed by atoms with Crippen molar-refractivity contribution < 1.29 is 4.79 Å². The number of nitrogen functional groups attached to an aromatic ring is 1. The molecule has 0 spiro atoms. The van der Waals surface area contributed by atoms with E-state index in [1.165, 1.54) is 0 Å². The predicted molar refractivity (Wildman–Crippen MR) is 72.8 cm³/mol. The van der Waals surface area contributed by atoms with E-state index >= 15 is 0 Å². The van der Waals surface area contributed by atoms with E-state index in [1.54, 1.807) is 6.20 Å². The molecule has 0 unspecified atom stereocenters. The van der Waals surface area contributed by atoms with Crippen LogP contribution in [0.1, 0.15) is 19.4 Å². The van der Waals surface area contributed by atoms with Crippen molar-refractivity contribution in [2.45, 2.75) is 20.4 Å². The van der Waals surface area contributed by atoms with Crippen LogP contribution in [0.2, 0.25) is 0 Å². The second kappa shape index (κ2) is 6.96. The van der Waals surface area contributed by atoms with E-state index in [4.69, 9.17) is 5.73 Å². The quantitative estimate of drug-likeness (QED) is 0.786. The van der Waals surface area contributed by atoms with Crippen molar-refractivity contribution in [3.63, 3.8) is 0 Å². The maximum absolute atomic E-state index is 11.9. The van der Waals surface area contributed by atoms with Gasteiger partial charge in [0.05, 0.1) is 0 Å². The number of carbonyl (C=O) groups is 1. The van der Waals surface area contributed by atoms with Crippen molar-refractivity contribution >= 4 is 11.7 Å². The van der Waals surface area contributed by atoms with Gasteiger partial charge in [-0.3, -0.25) is 4.79 Å². The van der Waals surface area contributed by atoms with Crippen LogP contribution >= 0.6 is 0 Å². The summed E-state index contributed by atoms with van der Waals surface area (Å²) in [6, 6.07) is 3.68. The van der Waals surface area contributed by atoms with Crippen LogP contribution in [-0.2, 0) is 11.3 Å². The summed E-state index contributed by atoms with van der Waals surface area (Å²) in [6.07, 6.45) is 1.64. The molecule has 0 aliphatic heterocycles. The molecule has 0 aliphatic rings. The summed E-state index contributed by atoms with van der Waals surface area (Å²) < 4.78 is 0. The minimum Gasteiger partial charge on any atom is -0.383 e. The van der Waals surface area contributed by atoms with Crippen LogP contribution in [0.15, 0.2) is 18.3 Å². The molecule has 1 rings (SSSR count). The minimum absolute atomic E-state index is 0.0344. The first-order chi connectivity index (χ1) is 8.54. The molecule has 100 valence electrons. The maximum Gasteiger partial charge on any atom is 0.224 e. The molecule has 0 aliphatic carbocycles. The van der Waals surface area contributed by atoms with Gasteiger partial charge in [-0.15, -0.1) is 0 Å². The molecule has 0 saturated heterocycles. The fourth-order valence-electron chi connectivity index (χ4n) is 1.64. The number of rotatable bonds is 6. The number of pyridine rings is 1. The summed E-state index contributed by atoms with van der Waals surface area (Å²) in [7, 11) is 2.00. The molecule has 5 heteroatoms. The Bertz CT molecular complexity index is 394. The number of hydrogen-bond donors (Lipinski definition) is 2. The molecule has 5 nitrogen and oxygen atoms in total. The lowest BCUT2D eigenvalue weighted by atomic mass is 10.1. The number of anilines is 1. The number of aromatic nitrogens is 1. The first-order valence-electron chi connectivity index (χ1n) is 6.20. The molecule has 1 aromatic heterocycles. The van der Waals surface area contributed by atoms with Gasteiger partial charge in [-0.25, -0.2) is 4.98 Å². The van der Waals surface area contributed by atoms with Crippen LogP contribution in [0.25, 0.3) is 0 Å². The smallest absolute Gasteiger partial charge is 0.224 e. The molecule has 1 atom stereocenters. The van der Waals surface area contributed by atoms with Crippen molar-refractivity contribution in [1.82, 2.24) is 15.2 Å². The molecule has 0 aromatic carbocycles. The average molecular weight is 250 g/mol. The third-order valence-corrected chi connectivity index (χ3v) is 2.95. The summed E-state index contributed by atoms with van der Waals surface area (Å²) in [5, 5.41) is 2.88. The Balaban J connectivity index is 2.44.